The summed E-state index contributed by atoms with van der Waals surface area (Å²) in [7, 11) is 0. The van der Waals surface area contributed by atoms with Crippen LogP contribution in [-0.2, 0) is 0 Å². The lowest BCUT2D eigenvalue weighted by atomic mass is 10.1. The fourth-order valence-electron chi connectivity index (χ4n) is 1.29. The number of hydrogen-bond donors (Lipinski definition) is 4. The predicted molar refractivity (Wildman–Crippen MR) is 63.1 cm³/mol. The third-order valence-corrected chi connectivity index (χ3v) is 2.08. The minimum atomic E-state index is -1.25. The molecule has 0 atom stereocenters. The van der Waals surface area contributed by atoms with Gasteiger partial charge in [0.2, 0.25) is 0 Å². The van der Waals surface area contributed by atoms with Crippen LogP contribution in [-0.4, -0.2) is 34.7 Å². The zero-order chi connectivity index (χ0) is 13.7. The zero-order valence-corrected chi connectivity index (χ0v) is 9.56. The van der Waals surface area contributed by atoms with Gasteiger partial charge in [0.25, 0.3) is 0 Å². The summed E-state index contributed by atoms with van der Waals surface area (Å²) in [5.74, 6) is -2.45. The molecule has 0 aromatic heterocycles. The van der Waals surface area contributed by atoms with Gasteiger partial charge in [0.15, 0.2) is 0 Å². The Labute approximate surface area is 102 Å². The summed E-state index contributed by atoms with van der Waals surface area (Å²) in [5.41, 5.74) is -0.341. The van der Waals surface area contributed by atoms with E-state index in [4.69, 9.17) is 10.2 Å². The molecule has 0 radical (unpaired) electrons. The van der Waals surface area contributed by atoms with Gasteiger partial charge in [0, 0.05) is 6.54 Å². The van der Waals surface area contributed by atoms with Crippen LogP contribution in [0.3, 0.4) is 0 Å². The summed E-state index contributed by atoms with van der Waals surface area (Å²) < 4.78 is 0. The summed E-state index contributed by atoms with van der Waals surface area (Å²) in [6, 6.07) is 2.80. The molecule has 18 heavy (non-hydrogen) atoms. The van der Waals surface area contributed by atoms with Crippen LogP contribution in [0.1, 0.15) is 27.6 Å². The Morgan fingerprint density at radius 3 is 2.33 bits per heavy atom. The highest BCUT2D eigenvalue weighted by atomic mass is 16.4. The molecule has 0 aliphatic heterocycles. The van der Waals surface area contributed by atoms with Gasteiger partial charge < -0.3 is 20.8 Å². The van der Waals surface area contributed by atoms with Gasteiger partial charge in [-0.05, 0) is 25.1 Å². The van der Waals surface area contributed by atoms with E-state index in [1.54, 1.807) is 6.92 Å². The number of urea groups is 1. The van der Waals surface area contributed by atoms with Gasteiger partial charge in [0.05, 0.1) is 16.8 Å². The average Bonchev–Trinajstić information content (AvgIpc) is 2.28. The van der Waals surface area contributed by atoms with Crippen molar-refractivity contribution in [2.75, 3.05) is 11.9 Å². The molecule has 1 aromatic rings. The number of amides is 2. The molecule has 7 nitrogen and oxygen atoms in total. The highest BCUT2D eigenvalue weighted by molar-refractivity contribution is 6.02. The fraction of sp³-hybridized carbons (Fsp3) is 0.182. The van der Waals surface area contributed by atoms with Crippen molar-refractivity contribution in [2.24, 2.45) is 0 Å². The van der Waals surface area contributed by atoms with Gasteiger partial charge >= 0.3 is 18.0 Å². The Bertz CT molecular complexity index is 498. The molecule has 1 rings (SSSR count). The molecule has 4 N–H and O–H groups in total. The van der Waals surface area contributed by atoms with E-state index in [1.165, 1.54) is 0 Å². The largest absolute Gasteiger partial charge is 0.478 e. The SMILES string of the molecule is CCNC(=O)Nc1cc(C(=O)O)ccc1C(=O)O. The van der Waals surface area contributed by atoms with Crippen LogP contribution in [0.5, 0.6) is 0 Å². The molecule has 0 aliphatic rings. The van der Waals surface area contributed by atoms with Gasteiger partial charge in [-0.15, -0.1) is 0 Å². The molecule has 0 spiro atoms. The number of rotatable bonds is 4. The quantitative estimate of drug-likeness (QED) is 0.643. The number of carboxylic acids is 2. The number of carbonyl (C=O) groups is 3. The van der Waals surface area contributed by atoms with Crippen molar-refractivity contribution in [3.8, 4) is 0 Å². The first-order valence-electron chi connectivity index (χ1n) is 5.11. The van der Waals surface area contributed by atoms with E-state index >= 15 is 0 Å². The minimum absolute atomic E-state index is 0.0617. The van der Waals surface area contributed by atoms with Gasteiger partial charge in [-0.3, -0.25) is 0 Å². The molecule has 2 amide bonds. The molecule has 1 aromatic carbocycles. The number of carbonyl (C=O) groups excluding carboxylic acids is 1. The molecular weight excluding hydrogens is 240 g/mol. The van der Waals surface area contributed by atoms with Crippen molar-refractivity contribution < 1.29 is 24.6 Å². The van der Waals surface area contributed by atoms with E-state index in [9.17, 15) is 14.4 Å². The van der Waals surface area contributed by atoms with E-state index in [0.717, 1.165) is 18.2 Å². The first kappa shape index (κ1) is 13.5. The maximum atomic E-state index is 11.3. The van der Waals surface area contributed by atoms with Gasteiger partial charge in [-0.25, -0.2) is 14.4 Å². The average molecular weight is 252 g/mol. The molecule has 0 saturated carbocycles. The fourth-order valence-corrected chi connectivity index (χ4v) is 1.29. The second kappa shape index (κ2) is 5.67. The van der Waals surface area contributed by atoms with Crippen LogP contribution in [0.25, 0.3) is 0 Å². The minimum Gasteiger partial charge on any atom is -0.478 e. The molecule has 0 saturated heterocycles. The zero-order valence-electron chi connectivity index (χ0n) is 9.56. The second-order valence-electron chi connectivity index (χ2n) is 3.36. The summed E-state index contributed by atoms with van der Waals surface area (Å²) in [6.45, 7) is 2.07. The summed E-state index contributed by atoms with van der Waals surface area (Å²) in [4.78, 5) is 33.0. The van der Waals surface area contributed by atoms with Crippen LogP contribution >= 0.6 is 0 Å². The molecule has 0 aliphatic carbocycles. The van der Waals surface area contributed by atoms with Gasteiger partial charge in [-0.1, -0.05) is 0 Å². The topological polar surface area (TPSA) is 116 Å². The van der Waals surface area contributed by atoms with E-state index in [0.29, 0.717) is 6.54 Å². The monoisotopic (exact) mass is 252 g/mol. The third kappa shape index (κ3) is 3.21. The van der Waals surface area contributed by atoms with Gasteiger partial charge in [-0.2, -0.15) is 0 Å². The highest BCUT2D eigenvalue weighted by Crippen LogP contribution is 2.18. The lowest BCUT2D eigenvalue weighted by Gasteiger charge is -2.09. The Kier molecular flexibility index (Phi) is 4.25. The summed E-state index contributed by atoms with van der Waals surface area (Å²) in [5, 5.41) is 22.4. The van der Waals surface area contributed by atoms with Gasteiger partial charge in [0.1, 0.15) is 0 Å². The summed E-state index contributed by atoms with van der Waals surface area (Å²) in [6.07, 6.45) is 0. The maximum Gasteiger partial charge on any atom is 0.337 e. The normalized spacial score (nSPS) is 9.61. The molecule has 96 valence electrons. The smallest absolute Gasteiger partial charge is 0.337 e. The van der Waals surface area contributed by atoms with Crippen molar-refractivity contribution in [2.45, 2.75) is 6.92 Å². The van der Waals surface area contributed by atoms with Crippen molar-refractivity contribution in [3.63, 3.8) is 0 Å². The molecule has 0 heterocycles. The molecule has 0 bridgehead atoms. The standard InChI is InChI=1S/C11H12N2O5/c1-2-12-11(18)13-8-5-6(9(14)15)3-4-7(8)10(16)17/h3-5H,2H2,1H3,(H,14,15)(H,16,17)(H2,12,13,18). The van der Waals surface area contributed by atoms with Crippen LogP contribution < -0.4 is 10.6 Å². The second-order valence-corrected chi connectivity index (χ2v) is 3.36. The lowest BCUT2D eigenvalue weighted by Crippen LogP contribution is -2.29. The van der Waals surface area contributed by atoms with Crippen molar-refractivity contribution in [3.05, 3.63) is 29.3 Å². The Morgan fingerprint density at radius 2 is 1.83 bits per heavy atom. The van der Waals surface area contributed by atoms with Crippen molar-refractivity contribution in [1.82, 2.24) is 5.32 Å². The lowest BCUT2D eigenvalue weighted by molar-refractivity contribution is 0.0682. The first-order valence-corrected chi connectivity index (χ1v) is 5.11. The van der Waals surface area contributed by atoms with Crippen LogP contribution in [0.4, 0.5) is 10.5 Å². The predicted octanol–water partition coefficient (Wildman–Crippen LogP) is 1.22. The Morgan fingerprint density at radius 1 is 1.17 bits per heavy atom. The summed E-state index contributed by atoms with van der Waals surface area (Å²) >= 11 is 0. The molecule has 0 fully saturated rings. The number of carboxylic acid groups (broad SMARTS) is 2. The van der Waals surface area contributed by atoms with Crippen LogP contribution in [0.15, 0.2) is 18.2 Å². The number of anilines is 1. The van der Waals surface area contributed by atoms with Crippen LogP contribution in [0.2, 0.25) is 0 Å². The molecular formula is C11H12N2O5. The number of aromatic carboxylic acids is 2. The van der Waals surface area contributed by atoms with Crippen molar-refractivity contribution >= 4 is 23.7 Å². The van der Waals surface area contributed by atoms with E-state index in [-0.39, 0.29) is 16.8 Å². The molecule has 7 heteroatoms. The van der Waals surface area contributed by atoms with E-state index in [1.807, 2.05) is 0 Å². The van der Waals surface area contributed by atoms with E-state index < -0.39 is 18.0 Å². The molecule has 0 unspecified atom stereocenters. The number of hydrogen-bond acceptors (Lipinski definition) is 3. The van der Waals surface area contributed by atoms with Crippen LogP contribution in [0, 0.1) is 0 Å². The first-order chi connectivity index (χ1) is 8.45. The Balaban J connectivity index is 3.11. The number of nitrogens with one attached hydrogen (secondary N) is 2. The third-order valence-electron chi connectivity index (χ3n) is 2.08. The number of benzene rings is 1. The highest BCUT2D eigenvalue weighted by Gasteiger charge is 2.15. The van der Waals surface area contributed by atoms with E-state index in [2.05, 4.69) is 10.6 Å². The maximum absolute atomic E-state index is 11.3. The Hall–Kier alpha value is -2.57. The van der Waals surface area contributed by atoms with Crippen molar-refractivity contribution in [1.29, 1.82) is 0 Å².